The predicted molar refractivity (Wildman–Crippen MR) is 120 cm³/mol. The van der Waals surface area contributed by atoms with Crippen LogP contribution in [-0.4, -0.2) is 20.2 Å². The molecule has 0 amide bonds. The number of hydrogen-bond acceptors (Lipinski definition) is 2. The van der Waals surface area contributed by atoms with Gasteiger partial charge in [0.1, 0.15) is 0 Å². The second kappa shape index (κ2) is 9.33. The second-order valence-electron chi connectivity index (χ2n) is 8.55. The Morgan fingerprint density at radius 1 is 1.03 bits per heavy atom. The molecular formula is C25H29FN2O3. The van der Waals surface area contributed by atoms with Crippen LogP contribution < -0.4 is 5.69 Å². The third kappa shape index (κ3) is 4.79. The van der Waals surface area contributed by atoms with Gasteiger partial charge in [0.15, 0.2) is 0 Å². The summed E-state index contributed by atoms with van der Waals surface area (Å²) in [6, 6.07) is 14.0. The van der Waals surface area contributed by atoms with Gasteiger partial charge in [-0.3, -0.25) is 9.13 Å². The van der Waals surface area contributed by atoms with E-state index in [1.165, 1.54) is 9.13 Å². The van der Waals surface area contributed by atoms with Gasteiger partial charge in [-0.25, -0.2) is 9.59 Å². The van der Waals surface area contributed by atoms with Gasteiger partial charge >= 0.3 is 11.7 Å². The molecule has 3 rings (SSSR count). The van der Waals surface area contributed by atoms with E-state index in [-0.39, 0.29) is 23.8 Å². The fraction of sp³-hybridized carbons (Fsp3) is 0.360. The monoisotopic (exact) mass is 424 g/mol. The van der Waals surface area contributed by atoms with E-state index < -0.39 is 11.9 Å². The number of aromatic nitrogens is 2. The number of carboxylic acids is 1. The van der Waals surface area contributed by atoms with Crippen LogP contribution in [0.3, 0.4) is 0 Å². The number of rotatable bonds is 8. The summed E-state index contributed by atoms with van der Waals surface area (Å²) in [7, 11) is 0. The standard InChI is InChI=1S/C25H29FN2O3/c1-16(2)9-14-22-23(26)28(17(3)4)25(31)27(22)15-18-10-12-19(13-11-18)20-7-5-6-8-21(20)24(29)30/h5-8,10-13,16-17H,9,14-15H2,1-4H3,(H,29,30). The topological polar surface area (TPSA) is 64.2 Å². The number of carbonyl (C=O) groups is 1. The van der Waals surface area contributed by atoms with Crippen LogP contribution in [0.1, 0.15) is 61.8 Å². The average molecular weight is 425 g/mol. The molecule has 0 fully saturated rings. The van der Waals surface area contributed by atoms with Crippen LogP contribution in [0.4, 0.5) is 4.39 Å². The molecule has 1 N–H and O–H groups in total. The molecule has 3 aromatic rings. The molecule has 0 spiro atoms. The van der Waals surface area contributed by atoms with E-state index in [0.29, 0.717) is 23.6 Å². The molecule has 164 valence electrons. The molecule has 0 bridgehead atoms. The molecule has 0 atom stereocenters. The quantitative estimate of drug-likeness (QED) is 0.529. The number of benzene rings is 2. The minimum absolute atomic E-state index is 0.235. The maximum Gasteiger partial charge on any atom is 0.336 e. The molecule has 0 aliphatic rings. The Balaban J connectivity index is 1.95. The van der Waals surface area contributed by atoms with Crippen LogP contribution in [0.5, 0.6) is 0 Å². The molecule has 0 aliphatic carbocycles. The number of aromatic carboxylic acids is 1. The highest BCUT2D eigenvalue weighted by atomic mass is 19.1. The zero-order valence-electron chi connectivity index (χ0n) is 18.4. The van der Waals surface area contributed by atoms with Crippen molar-refractivity contribution in [3.8, 4) is 11.1 Å². The fourth-order valence-electron chi connectivity index (χ4n) is 3.75. The third-order valence-corrected chi connectivity index (χ3v) is 5.45. The number of hydrogen-bond donors (Lipinski definition) is 1. The third-order valence-electron chi connectivity index (χ3n) is 5.45. The number of nitrogens with zero attached hydrogens (tertiary/aromatic N) is 2. The lowest BCUT2D eigenvalue weighted by Gasteiger charge is -2.10. The molecule has 1 heterocycles. The van der Waals surface area contributed by atoms with Crippen molar-refractivity contribution in [2.24, 2.45) is 5.92 Å². The first-order valence-electron chi connectivity index (χ1n) is 10.6. The molecule has 0 saturated heterocycles. The molecule has 5 nitrogen and oxygen atoms in total. The molecule has 0 unspecified atom stereocenters. The average Bonchev–Trinajstić information content (AvgIpc) is 2.96. The first-order valence-corrected chi connectivity index (χ1v) is 10.6. The summed E-state index contributed by atoms with van der Waals surface area (Å²) in [6.45, 7) is 8.02. The van der Waals surface area contributed by atoms with E-state index >= 15 is 4.39 Å². The van der Waals surface area contributed by atoms with Crippen molar-refractivity contribution >= 4 is 5.97 Å². The summed E-state index contributed by atoms with van der Waals surface area (Å²) < 4.78 is 17.8. The zero-order chi connectivity index (χ0) is 22.7. The first-order chi connectivity index (χ1) is 14.7. The zero-order valence-corrected chi connectivity index (χ0v) is 18.4. The summed E-state index contributed by atoms with van der Waals surface area (Å²) in [5, 5.41) is 9.42. The van der Waals surface area contributed by atoms with Crippen molar-refractivity contribution in [1.29, 1.82) is 0 Å². The first kappa shape index (κ1) is 22.5. The maximum atomic E-state index is 15.0. The minimum Gasteiger partial charge on any atom is -0.478 e. The van der Waals surface area contributed by atoms with Gasteiger partial charge in [0, 0.05) is 6.04 Å². The Kier molecular flexibility index (Phi) is 6.78. The number of carboxylic acid groups (broad SMARTS) is 1. The Morgan fingerprint density at radius 3 is 2.26 bits per heavy atom. The SMILES string of the molecule is CC(C)CCc1c(F)n(C(C)C)c(=O)n1Cc1ccc(-c2ccccc2C(=O)O)cc1. The largest absolute Gasteiger partial charge is 0.478 e. The van der Waals surface area contributed by atoms with Gasteiger partial charge in [0.25, 0.3) is 0 Å². The van der Waals surface area contributed by atoms with E-state index in [2.05, 4.69) is 13.8 Å². The molecule has 2 aromatic carbocycles. The van der Waals surface area contributed by atoms with E-state index in [1.807, 2.05) is 24.3 Å². The normalized spacial score (nSPS) is 11.5. The highest BCUT2D eigenvalue weighted by Crippen LogP contribution is 2.25. The Hall–Kier alpha value is -3.15. The second-order valence-corrected chi connectivity index (χ2v) is 8.55. The van der Waals surface area contributed by atoms with Gasteiger partial charge in [-0.15, -0.1) is 0 Å². The van der Waals surface area contributed by atoms with E-state index in [0.717, 1.165) is 17.5 Å². The van der Waals surface area contributed by atoms with Gasteiger partial charge in [-0.1, -0.05) is 56.3 Å². The van der Waals surface area contributed by atoms with E-state index in [4.69, 9.17) is 0 Å². The van der Waals surface area contributed by atoms with Crippen LogP contribution in [0.25, 0.3) is 11.1 Å². The van der Waals surface area contributed by atoms with Crippen molar-refractivity contribution in [1.82, 2.24) is 9.13 Å². The van der Waals surface area contributed by atoms with Crippen LogP contribution in [-0.2, 0) is 13.0 Å². The summed E-state index contributed by atoms with van der Waals surface area (Å²) >= 11 is 0. The van der Waals surface area contributed by atoms with Crippen molar-refractivity contribution in [2.75, 3.05) is 0 Å². The molecule has 0 aliphatic heterocycles. The highest BCUT2D eigenvalue weighted by Gasteiger charge is 2.22. The molecule has 0 saturated carbocycles. The molecule has 1 aromatic heterocycles. The Labute approximate surface area is 181 Å². The van der Waals surface area contributed by atoms with Crippen molar-refractivity contribution in [3.05, 3.63) is 81.8 Å². The molecular weight excluding hydrogens is 395 g/mol. The summed E-state index contributed by atoms with van der Waals surface area (Å²) in [4.78, 5) is 24.4. The fourth-order valence-corrected chi connectivity index (χ4v) is 3.75. The smallest absolute Gasteiger partial charge is 0.336 e. The van der Waals surface area contributed by atoms with Crippen LogP contribution >= 0.6 is 0 Å². The van der Waals surface area contributed by atoms with E-state index in [9.17, 15) is 14.7 Å². The van der Waals surface area contributed by atoms with E-state index in [1.54, 1.807) is 38.1 Å². The lowest BCUT2D eigenvalue weighted by atomic mass is 9.98. The predicted octanol–water partition coefficient (Wildman–Crippen LogP) is 5.37. The van der Waals surface area contributed by atoms with Crippen molar-refractivity contribution < 1.29 is 14.3 Å². The van der Waals surface area contributed by atoms with Crippen molar-refractivity contribution in [2.45, 2.75) is 53.1 Å². The lowest BCUT2D eigenvalue weighted by molar-refractivity contribution is 0.0697. The van der Waals surface area contributed by atoms with Crippen LogP contribution in [0, 0.1) is 11.9 Å². The van der Waals surface area contributed by atoms with Gasteiger partial charge in [0.2, 0.25) is 5.95 Å². The summed E-state index contributed by atoms with van der Waals surface area (Å²) in [5.41, 5.74) is 2.59. The highest BCUT2D eigenvalue weighted by molar-refractivity contribution is 5.95. The van der Waals surface area contributed by atoms with Gasteiger partial charge < -0.3 is 5.11 Å². The van der Waals surface area contributed by atoms with Gasteiger partial charge in [0.05, 0.1) is 17.8 Å². The Bertz CT molecular complexity index is 1120. The molecule has 6 heteroatoms. The van der Waals surface area contributed by atoms with Gasteiger partial charge in [-0.05, 0) is 55.4 Å². The van der Waals surface area contributed by atoms with Gasteiger partial charge in [-0.2, -0.15) is 4.39 Å². The lowest BCUT2D eigenvalue weighted by Crippen LogP contribution is -2.27. The molecule has 31 heavy (non-hydrogen) atoms. The van der Waals surface area contributed by atoms with Crippen LogP contribution in [0.15, 0.2) is 53.3 Å². The summed E-state index contributed by atoms with van der Waals surface area (Å²) in [5.74, 6) is -1.03. The molecule has 0 radical (unpaired) electrons. The maximum absolute atomic E-state index is 15.0. The summed E-state index contributed by atoms with van der Waals surface area (Å²) in [6.07, 6.45) is 1.30. The van der Waals surface area contributed by atoms with Crippen LogP contribution in [0.2, 0.25) is 0 Å². The Morgan fingerprint density at radius 2 is 1.68 bits per heavy atom. The number of halogens is 1. The number of imidazole rings is 1. The van der Waals surface area contributed by atoms with Crippen molar-refractivity contribution in [3.63, 3.8) is 0 Å². The minimum atomic E-state index is -0.980.